The highest BCUT2D eigenvalue weighted by Gasteiger charge is 2.43. The van der Waals surface area contributed by atoms with Crippen LogP contribution in [0, 0.1) is 12.7 Å². The van der Waals surface area contributed by atoms with Crippen LogP contribution in [0.25, 0.3) is 5.57 Å². The second-order valence-electron chi connectivity index (χ2n) is 7.54. The molecule has 0 aromatic heterocycles. The number of carbonyl (C=O) groups is 2. The molecule has 0 aliphatic carbocycles. The van der Waals surface area contributed by atoms with E-state index in [9.17, 15) is 14.0 Å². The van der Waals surface area contributed by atoms with Gasteiger partial charge in [-0.25, -0.2) is 9.29 Å². The van der Waals surface area contributed by atoms with Crippen LogP contribution in [0.3, 0.4) is 0 Å². The molecule has 0 unspecified atom stereocenters. The van der Waals surface area contributed by atoms with Gasteiger partial charge in [-0.05, 0) is 24.6 Å². The average molecular weight is 409 g/mol. The Kier molecular flexibility index (Phi) is 5.65. The maximum Gasteiger partial charge on any atom is 0.282 e. The number of aliphatic hydroxyl groups excluding tert-OH is 1. The molecule has 2 aromatic carbocycles. The zero-order chi connectivity index (χ0) is 21.3. The zero-order valence-corrected chi connectivity index (χ0v) is 16.8. The fraction of sp³-hybridized carbons (Fsp3) is 0.304. The summed E-state index contributed by atoms with van der Waals surface area (Å²) in [7, 11) is 0. The quantitative estimate of drug-likeness (QED) is 0.766. The molecule has 2 aromatic rings. The first-order valence-electron chi connectivity index (χ1n) is 10.0. The predicted octanol–water partition coefficient (Wildman–Crippen LogP) is 2.03. The number of benzene rings is 2. The van der Waals surface area contributed by atoms with E-state index in [4.69, 9.17) is 5.11 Å². The molecule has 0 radical (unpaired) electrons. The summed E-state index contributed by atoms with van der Waals surface area (Å²) < 4.78 is 14.5. The maximum absolute atomic E-state index is 14.5. The highest BCUT2D eigenvalue weighted by atomic mass is 19.1. The molecule has 6 nitrogen and oxygen atoms in total. The number of β-amino-alcohol motifs (C(OH)–C–C–N with tert-alkyl or cyclic N) is 1. The molecule has 156 valence electrons. The summed E-state index contributed by atoms with van der Waals surface area (Å²) in [6.07, 6.45) is 0. The van der Waals surface area contributed by atoms with Crippen LogP contribution in [0.1, 0.15) is 11.1 Å². The number of amides is 2. The highest BCUT2D eigenvalue weighted by molar-refractivity contribution is 6.45. The summed E-state index contributed by atoms with van der Waals surface area (Å²) >= 11 is 0. The third-order valence-electron chi connectivity index (χ3n) is 5.60. The Hall–Kier alpha value is -3.03. The second kappa shape index (κ2) is 8.38. The number of hydrogen-bond donors (Lipinski definition) is 1. The Bertz CT molecular complexity index is 995. The normalized spacial score (nSPS) is 18.0. The molecule has 1 fully saturated rings. The average Bonchev–Trinajstić information content (AvgIpc) is 3.00. The van der Waals surface area contributed by atoms with E-state index in [1.54, 1.807) is 6.07 Å². The molecule has 2 aliphatic heterocycles. The molecule has 2 amide bonds. The SMILES string of the molecule is Cc1ccc(C2=C(N3CCN(CCO)CC3)C(=O)N(c3ccccc3F)C2=O)cc1. The fourth-order valence-corrected chi connectivity index (χ4v) is 3.98. The van der Waals surface area contributed by atoms with E-state index < -0.39 is 17.6 Å². The molecule has 1 saturated heterocycles. The largest absolute Gasteiger partial charge is 0.395 e. The van der Waals surface area contributed by atoms with Crippen molar-refractivity contribution in [3.8, 4) is 0 Å². The van der Waals surface area contributed by atoms with E-state index in [1.165, 1.54) is 18.2 Å². The predicted molar refractivity (Wildman–Crippen MR) is 112 cm³/mol. The van der Waals surface area contributed by atoms with E-state index >= 15 is 0 Å². The molecule has 2 aliphatic rings. The lowest BCUT2D eigenvalue weighted by Crippen LogP contribution is -2.48. The van der Waals surface area contributed by atoms with Crippen molar-refractivity contribution >= 4 is 23.1 Å². The van der Waals surface area contributed by atoms with Crippen LogP contribution in [0.4, 0.5) is 10.1 Å². The zero-order valence-electron chi connectivity index (χ0n) is 16.8. The number of para-hydroxylation sites is 1. The van der Waals surface area contributed by atoms with Gasteiger partial charge in [0, 0.05) is 32.7 Å². The number of hydrogen-bond acceptors (Lipinski definition) is 5. The van der Waals surface area contributed by atoms with Crippen molar-refractivity contribution in [3.05, 3.63) is 71.2 Å². The standard InChI is InChI=1S/C23H24FN3O3/c1-16-6-8-17(9-7-16)20-21(26-12-10-25(11-13-26)14-15-28)23(30)27(22(20)29)19-5-3-2-4-18(19)24/h2-9,28H,10-15H2,1H3. The summed E-state index contributed by atoms with van der Waals surface area (Å²) in [5, 5.41) is 9.17. The maximum atomic E-state index is 14.5. The molecule has 2 heterocycles. The number of carbonyl (C=O) groups excluding carboxylic acids is 2. The fourth-order valence-electron chi connectivity index (χ4n) is 3.98. The summed E-state index contributed by atoms with van der Waals surface area (Å²) in [5.41, 5.74) is 2.27. The van der Waals surface area contributed by atoms with Gasteiger partial charge in [0.2, 0.25) is 0 Å². The summed E-state index contributed by atoms with van der Waals surface area (Å²) in [5.74, 6) is -1.63. The minimum absolute atomic E-state index is 0.0361. The van der Waals surface area contributed by atoms with Gasteiger partial charge < -0.3 is 10.0 Å². The van der Waals surface area contributed by atoms with Gasteiger partial charge in [-0.2, -0.15) is 0 Å². The number of aliphatic hydroxyl groups is 1. The van der Waals surface area contributed by atoms with Crippen molar-refractivity contribution in [2.75, 3.05) is 44.2 Å². The van der Waals surface area contributed by atoms with E-state index in [1.807, 2.05) is 36.1 Å². The molecule has 1 N–H and O–H groups in total. The number of piperazine rings is 1. The number of rotatable bonds is 5. The van der Waals surface area contributed by atoms with Gasteiger partial charge >= 0.3 is 0 Å². The molecule has 7 heteroatoms. The summed E-state index contributed by atoms with van der Waals surface area (Å²) in [6.45, 7) is 5.05. The Labute approximate surface area is 174 Å². The van der Waals surface area contributed by atoms with Crippen LogP contribution in [0.2, 0.25) is 0 Å². The van der Waals surface area contributed by atoms with Gasteiger partial charge in [-0.15, -0.1) is 0 Å². The lowest BCUT2D eigenvalue weighted by Gasteiger charge is -2.36. The van der Waals surface area contributed by atoms with Crippen LogP contribution in [-0.2, 0) is 9.59 Å². The van der Waals surface area contributed by atoms with Crippen molar-refractivity contribution in [3.63, 3.8) is 0 Å². The van der Waals surface area contributed by atoms with Crippen molar-refractivity contribution in [2.45, 2.75) is 6.92 Å². The van der Waals surface area contributed by atoms with E-state index in [2.05, 4.69) is 4.90 Å². The Balaban J connectivity index is 1.75. The molecule has 0 bridgehead atoms. The Morgan fingerprint density at radius 2 is 1.60 bits per heavy atom. The van der Waals surface area contributed by atoms with Crippen molar-refractivity contribution < 1.29 is 19.1 Å². The van der Waals surface area contributed by atoms with Gasteiger partial charge in [0.1, 0.15) is 11.5 Å². The number of anilines is 1. The first-order chi connectivity index (χ1) is 14.5. The number of aryl methyl sites for hydroxylation is 1. The molecular weight excluding hydrogens is 385 g/mol. The third kappa shape index (κ3) is 3.62. The first kappa shape index (κ1) is 20.3. The van der Waals surface area contributed by atoms with Crippen LogP contribution in [-0.4, -0.2) is 66.1 Å². The van der Waals surface area contributed by atoms with Crippen molar-refractivity contribution in [1.29, 1.82) is 0 Å². The highest BCUT2D eigenvalue weighted by Crippen LogP contribution is 2.36. The molecule has 0 atom stereocenters. The third-order valence-corrected chi connectivity index (χ3v) is 5.60. The van der Waals surface area contributed by atoms with E-state index in [-0.39, 0.29) is 12.3 Å². The van der Waals surface area contributed by atoms with Crippen molar-refractivity contribution in [2.24, 2.45) is 0 Å². The number of imide groups is 1. The van der Waals surface area contributed by atoms with E-state index in [0.29, 0.717) is 49.6 Å². The number of halogens is 1. The lowest BCUT2D eigenvalue weighted by atomic mass is 10.0. The second-order valence-corrected chi connectivity index (χ2v) is 7.54. The first-order valence-corrected chi connectivity index (χ1v) is 10.0. The smallest absolute Gasteiger partial charge is 0.282 e. The van der Waals surface area contributed by atoms with Gasteiger partial charge in [-0.3, -0.25) is 14.5 Å². The van der Waals surface area contributed by atoms with E-state index in [0.717, 1.165) is 10.5 Å². The molecule has 30 heavy (non-hydrogen) atoms. The lowest BCUT2D eigenvalue weighted by molar-refractivity contribution is -0.120. The monoisotopic (exact) mass is 409 g/mol. The topological polar surface area (TPSA) is 64.1 Å². The summed E-state index contributed by atoms with van der Waals surface area (Å²) in [4.78, 5) is 31.8. The molecule has 0 saturated carbocycles. The Morgan fingerprint density at radius 1 is 0.933 bits per heavy atom. The van der Waals surface area contributed by atoms with Gasteiger partial charge in [0.05, 0.1) is 17.9 Å². The van der Waals surface area contributed by atoms with Crippen LogP contribution in [0.15, 0.2) is 54.2 Å². The van der Waals surface area contributed by atoms with Gasteiger partial charge in [-0.1, -0.05) is 42.0 Å². The van der Waals surface area contributed by atoms with Gasteiger partial charge in [0.25, 0.3) is 11.8 Å². The van der Waals surface area contributed by atoms with Crippen molar-refractivity contribution in [1.82, 2.24) is 9.80 Å². The number of nitrogens with zero attached hydrogens (tertiary/aromatic N) is 3. The molecular formula is C23H24FN3O3. The van der Waals surface area contributed by atoms with Crippen LogP contribution >= 0.6 is 0 Å². The Morgan fingerprint density at radius 3 is 2.23 bits per heavy atom. The van der Waals surface area contributed by atoms with Gasteiger partial charge in [0.15, 0.2) is 0 Å². The molecule has 4 rings (SSSR count). The summed E-state index contributed by atoms with van der Waals surface area (Å²) in [6, 6.07) is 13.2. The minimum Gasteiger partial charge on any atom is -0.395 e. The van der Waals surface area contributed by atoms with Crippen LogP contribution in [0.5, 0.6) is 0 Å². The van der Waals surface area contributed by atoms with Crippen LogP contribution < -0.4 is 4.90 Å². The minimum atomic E-state index is -0.614. The molecule has 0 spiro atoms.